The molecule has 0 heterocycles. The highest BCUT2D eigenvalue weighted by molar-refractivity contribution is 5.26. The zero-order valence-electron chi connectivity index (χ0n) is 15.1. The maximum Gasteiger partial charge on any atom is -0.00174 e. The quantitative estimate of drug-likeness (QED) is 0.462. The van der Waals surface area contributed by atoms with Crippen LogP contribution in [-0.2, 0) is 0 Å². The van der Waals surface area contributed by atoms with Crippen LogP contribution in [0.3, 0.4) is 0 Å². The second kappa shape index (κ2) is 10.3. The summed E-state index contributed by atoms with van der Waals surface area (Å²) in [7, 11) is 0. The molecule has 0 N–H and O–H groups in total. The number of fused-ring (bicyclic) bond motifs is 4. The van der Waals surface area contributed by atoms with Gasteiger partial charge in [0.05, 0.1) is 0 Å². The maximum atomic E-state index is 3.83. The lowest BCUT2D eigenvalue weighted by atomic mass is 9.94. The third-order valence-electron chi connectivity index (χ3n) is 5.15. The van der Waals surface area contributed by atoms with Gasteiger partial charge in [0.2, 0.25) is 0 Å². The highest BCUT2D eigenvalue weighted by Crippen LogP contribution is 2.43. The van der Waals surface area contributed by atoms with E-state index in [0.29, 0.717) is 0 Å². The van der Waals surface area contributed by atoms with Gasteiger partial charge in [-0.2, -0.15) is 0 Å². The molecule has 5 atom stereocenters. The first-order valence-electron chi connectivity index (χ1n) is 8.93. The van der Waals surface area contributed by atoms with Crippen molar-refractivity contribution in [2.75, 3.05) is 0 Å². The van der Waals surface area contributed by atoms with Crippen LogP contribution in [-0.4, -0.2) is 0 Å². The molecular weight excluding hydrogens is 276 g/mol. The van der Waals surface area contributed by atoms with Crippen LogP contribution in [0.4, 0.5) is 0 Å². The Morgan fingerprint density at radius 1 is 0.913 bits per heavy atom. The number of allylic oxidation sites excluding steroid dienone is 8. The Morgan fingerprint density at radius 3 is 1.83 bits per heavy atom. The summed E-state index contributed by atoms with van der Waals surface area (Å²) < 4.78 is 0. The predicted octanol–water partition coefficient (Wildman–Crippen LogP) is 6.91. The third-order valence-corrected chi connectivity index (χ3v) is 5.15. The van der Waals surface area contributed by atoms with Gasteiger partial charge in [-0.3, -0.25) is 0 Å². The van der Waals surface area contributed by atoms with Gasteiger partial charge in [-0.1, -0.05) is 48.1 Å². The summed E-state index contributed by atoms with van der Waals surface area (Å²) in [5.74, 6) is 4.30. The van der Waals surface area contributed by atoms with E-state index < -0.39 is 0 Å². The average molecular weight is 311 g/mol. The Balaban J connectivity index is 0.000000181. The molecule has 0 spiro atoms. The van der Waals surface area contributed by atoms with E-state index >= 15 is 0 Å². The summed E-state index contributed by atoms with van der Waals surface area (Å²) >= 11 is 0. The summed E-state index contributed by atoms with van der Waals surface area (Å²) in [6.07, 6.45) is 21.1. The molecule has 5 unspecified atom stereocenters. The van der Waals surface area contributed by atoms with E-state index in [4.69, 9.17) is 0 Å². The Labute approximate surface area is 144 Å². The minimum Gasteiger partial charge on any atom is -0.106 e. The van der Waals surface area contributed by atoms with Crippen molar-refractivity contribution in [1.82, 2.24) is 0 Å². The molecule has 0 nitrogen and oxygen atoms in total. The monoisotopic (exact) mass is 310 g/mol. The van der Waals surface area contributed by atoms with Gasteiger partial charge in [0.1, 0.15) is 0 Å². The standard InChI is InChI=1S/2C9H12.C3H6.C2H4/c2*1-2-8-5-7-3-4-9(8)6-7;1-3-2;1-2/h2-4,7,9H,5-6H2,1H3;2-4,7-9H,1,5-6H2;3H,1H2,2H3;1-2H2. The molecule has 4 aliphatic carbocycles. The van der Waals surface area contributed by atoms with Crippen molar-refractivity contribution in [3.05, 3.63) is 74.4 Å². The van der Waals surface area contributed by atoms with E-state index in [9.17, 15) is 0 Å². The highest BCUT2D eigenvalue weighted by Gasteiger charge is 2.33. The molecule has 0 saturated heterocycles. The van der Waals surface area contributed by atoms with Crippen molar-refractivity contribution in [1.29, 1.82) is 0 Å². The minimum atomic E-state index is 0.806. The van der Waals surface area contributed by atoms with Crippen LogP contribution in [0.2, 0.25) is 0 Å². The van der Waals surface area contributed by atoms with Gasteiger partial charge < -0.3 is 0 Å². The second-order valence-corrected chi connectivity index (χ2v) is 6.64. The van der Waals surface area contributed by atoms with Crippen molar-refractivity contribution in [2.45, 2.75) is 39.5 Å². The second-order valence-electron chi connectivity index (χ2n) is 6.64. The van der Waals surface area contributed by atoms with Crippen molar-refractivity contribution in [3.8, 4) is 0 Å². The smallest absolute Gasteiger partial charge is 0.00174 e. The maximum absolute atomic E-state index is 3.83. The molecule has 0 radical (unpaired) electrons. The Morgan fingerprint density at radius 2 is 1.57 bits per heavy atom. The first kappa shape index (κ1) is 19.5. The van der Waals surface area contributed by atoms with E-state index in [1.54, 1.807) is 11.6 Å². The summed E-state index contributed by atoms with van der Waals surface area (Å²) in [4.78, 5) is 0. The molecule has 4 aliphatic rings. The van der Waals surface area contributed by atoms with Gasteiger partial charge in [-0.15, -0.1) is 26.3 Å². The van der Waals surface area contributed by atoms with Crippen LogP contribution in [0.5, 0.6) is 0 Å². The van der Waals surface area contributed by atoms with Gasteiger partial charge in [0.15, 0.2) is 0 Å². The normalized spacial score (nSPS) is 35.6. The number of rotatable bonds is 1. The predicted molar refractivity (Wildman–Crippen MR) is 105 cm³/mol. The lowest BCUT2D eigenvalue weighted by molar-refractivity contribution is 0.551. The molecule has 23 heavy (non-hydrogen) atoms. The van der Waals surface area contributed by atoms with Crippen molar-refractivity contribution < 1.29 is 0 Å². The summed E-state index contributed by atoms with van der Waals surface area (Å²) in [6, 6.07) is 0. The van der Waals surface area contributed by atoms with Crippen molar-refractivity contribution >= 4 is 0 Å². The van der Waals surface area contributed by atoms with Gasteiger partial charge in [0, 0.05) is 0 Å². The van der Waals surface area contributed by atoms with Crippen LogP contribution in [0.1, 0.15) is 39.5 Å². The fraction of sp³-hybridized carbons (Fsp3) is 0.478. The van der Waals surface area contributed by atoms with Crippen LogP contribution in [0, 0.1) is 29.6 Å². The van der Waals surface area contributed by atoms with E-state index in [-0.39, 0.29) is 0 Å². The van der Waals surface area contributed by atoms with E-state index in [2.05, 4.69) is 69.7 Å². The summed E-state index contributed by atoms with van der Waals surface area (Å²) in [6.45, 7) is 17.2. The van der Waals surface area contributed by atoms with Crippen LogP contribution < -0.4 is 0 Å². The van der Waals surface area contributed by atoms with Gasteiger partial charge in [0.25, 0.3) is 0 Å². The van der Waals surface area contributed by atoms with E-state index in [1.165, 1.54) is 25.7 Å². The Hall–Kier alpha value is -1.56. The Bertz CT molecular complexity index is 462. The molecule has 2 saturated carbocycles. The first-order chi connectivity index (χ1) is 11.2. The third kappa shape index (κ3) is 5.23. The summed E-state index contributed by atoms with van der Waals surface area (Å²) in [5.41, 5.74) is 1.67. The average Bonchev–Trinajstić information content (AvgIpc) is 3.37. The van der Waals surface area contributed by atoms with Crippen LogP contribution in [0.15, 0.2) is 74.4 Å². The summed E-state index contributed by atoms with van der Waals surface area (Å²) in [5, 5.41) is 0. The molecular formula is C23H34. The van der Waals surface area contributed by atoms with E-state index in [1.807, 2.05) is 6.92 Å². The SMILES string of the molecule is C=C.C=CC.C=CC1CC2C=CC1C2.CC=C1CC2C=CC1C2. The molecule has 126 valence electrons. The largest absolute Gasteiger partial charge is 0.106 e. The lowest BCUT2D eigenvalue weighted by Gasteiger charge is -2.11. The van der Waals surface area contributed by atoms with Gasteiger partial charge >= 0.3 is 0 Å². The molecule has 2 fully saturated rings. The molecule has 4 bridgehead atoms. The Kier molecular flexibility index (Phi) is 8.69. The van der Waals surface area contributed by atoms with E-state index in [0.717, 1.165) is 29.6 Å². The first-order valence-corrected chi connectivity index (χ1v) is 8.93. The highest BCUT2D eigenvalue weighted by atomic mass is 14.4. The van der Waals surface area contributed by atoms with Crippen LogP contribution in [0.25, 0.3) is 0 Å². The minimum absolute atomic E-state index is 0.806. The number of hydrogen-bond acceptors (Lipinski definition) is 0. The molecule has 0 aliphatic heterocycles. The molecule has 0 amide bonds. The zero-order valence-corrected chi connectivity index (χ0v) is 15.1. The lowest BCUT2D eigenvalue weighted by Crippen LogP contribution is -2.01. The zero-order chi connectivity index (χ0) is 17.2. The fourth-order valence-corrected chi connectivity index (χ4v) is 4.08. The molecule has 0 heteroatoms. The number of hydrogen-bond donors (Lipinski definition) is 0. The topological polar surface area (TPSA) is 0 Å². The molecule has 4 rings (SSSR count). The molecule has 0 aromatic carbocycles. The van der Waals surface area contributed by atoms with Gasteiger partial charge in [-0.25, -0.2) is 0 Å². The van der Waals surface area contributed by atoms with Crippen molar-refractivity contribution in [2.24, 2.45) is 29.6 Å². The molecule has 0 aromatic heterocycles. The van der Waals surface area contributed by atoms with Gasteiger partial charge in [-0.05, 0) is 69.1 Å². The molecule has 0 aromatic rings. The van der Waals surface area contributed by atoms with Crippen LogP contribution >= 0.6 is 0 Å². The fourth-order valence-electron chi connectivity index (χ4n) is 4.08. The van der Waals surface area contributed by atoms with Crippen molar-refractivity contribution in [3.63, 3.8) is 0 Å².